The molecule has 0 bridgehead atoms. The summed E-state index contributed by atoms with van der Waals surface area (Å²) in [5.74, 6) is 0.619. The first-order valence-corrected chi connectivity index (χ1v) is 11.0. The summed E-state index contributed by atoms with van der Waals surface area (Å²) in [6.07, 6.45) is 0. The van der Waals surface area contributed by atoms with Crippen molar-refractivity contribution in [3.05, 3.63) is 100 Å². The molecule has 31 heavy (non-hydrogen) atoms. The molecular formula is C30H28O. The van der Waals surface area contributed by atoms with E-state index in [1.165, 1.54) is 38.8 Å². The van der Waals surface area contributed by atoms with Crippen molar-refractivity contribution in [2.75, 3.05) is 0 Å². The van der Waals surface area contributed by atoms with Crippen LogP contribution in [0.25, 0.3) is 32.7 Å². The van der Waals surface area contributed by atoms with Crippen LogP contribution in [0, 0.1) is 6.92 Å². The lowest BCUT2D eigenvalue weighted by atomic mass is 9.81. The van der Waals surface area contributed by atoms with E-state index in [2.05, 4.69) is 83.1 Å². The normalized spacial score (nSPS) is 15.0. The molecule has 0 radical (unpaired) electrons. The Morgan fingerprint density at radius 3 is 1.74 bits per heavy atom. The second-order valence-corrected chi connectivity index (χ2v) is 8.95. The zero-order valence-corrected chi connectivity index (χ0v) is 18.9. The van der Waals surface area contributed by atoms with Gasteiger partial charge in [-0.1, -0.05) is 83.4 Å². The van der Waals surface area contributed by atoms with Crippen LogP contribution in [0.1, 0.15) is 44.7 Å². The first-order valence-electron chi connectivity index (χ1n) is 11.0. The lowest BCUT2D eigenvalue weighted by Crippen LogP contribution is -2.03. The van der Waals surface area contributed by atoms with Crippen LogP contribution in [-0.4, -0.2) is 5.11 Å². The molecule has 1 N–H and O–H groups in total. The standard InChI is InChI=1S/C30H28O/c1-17-14-15-25(27(16-17)28-20(4)18(2)19(3)21(28)5)29-24-12-8-6-10-22(24)23-11-7-9-13-26(23)30(29)31/h6-16,28,31H,1-5H3. The number of fused-ring (bicyclic) bond motifs is 3. The monoisotopic (exact) mass is 404 g/mol. The molecule has 0 fully saturated rings. The number of hydrogen-bond donors (Lipinski definition) is 1. The van der Waals surface area contributed by atoms with E-state index in [1.54, 1.807) is 0 Å². The first kappa shape index (κ1) is 19.6. The Hall–Kier alpha value is -3.32. The number of aryl methyl sites for hydroxylation is 1. The number of aromatic hydroxyl groups is 1. The van der Waals surface area contributed by atoms with Crippen molar-refractivity contribution in [3.8, 4) is 16.9 Å². The number of phenols is 1. The van der Waals surface area contributed by atoms with E-state index in [1.807, 2.05) is 18.2 Å². The van der Waals surface area contributed by atoms with Crippen LogP contribution in [0.2, 0.25) is 0 Å². The van der Waals surface area contributed by atoms with Crippen molar-refractivity contribution in [1.29, 1.82) is 0 Å². The topological polar surface area (TPSA) is 20.2 Å². The number of allylic oxidation sites excluding steroid dienone is 4. The number of phenolic OH excluding ortho intramolecular Hbond substituents is 1. The highest BCUT2D eigenvalue weighted by atomic mass is 16.3. The largest absolute Gasteiger partial charge is 0.507 e. The fraction of sp³-hybridized carbons (Fsp3) is 0.200. The molecule has 0 aromatic heterocycles. The Morgan fingerprint density at radius 1 is 0.613 bits per heavy atom. The molecule has 1 nitrogen and oxygen atoms in total. The Kier molecular flexibility index (Phi) is 4.51. The van der Waals surface area contributed by atoms with Crippen LogP contribution in [0.3, 0.4) is 0 Å². The predicted octanol–water partition coefficient (Wildman–Crippen LogP) is 8.44. The van der Waals surface area contributed by atoms with E-state index < -0.39 is 0 Å². The summed E-state index contributed by atoms with van der Waals surface area (Å²) in [5.41, 5.74) is 10.2. The molecule has 0 atom stereocenters. The van der Waals surface area contributed by atoms with Gasteiger partial charge in [-0.25, -0.2) is 0 Å². The SMILES string of the molecule is CC1=C(C)C(c2cc(C)ccc2-c2c(O)c3ccccc3c3ccccc23)C(C)=C1C. The van der Waals surface area contributed by atoms with E-state index in [9.17, 15) is 5.11 Å². The van der Waals surface area contributed by atoms with Crippen molar-refractivity contribution in [2.45, 2.75) is 40.5 Å². The van der Waals surface area contributed by atoms with E-state index in [0.717, 1.165) is 27.3 Å². The van der Waals surface area contributed by atoms with Gasteiger partial charge in [0.1, 0.15) is 5.75 Å². The van der Waals surface area contributed by atoms with Gasteiger partial charge in [-0.3, -0.25) is 0 Å². The van der Waals surface area contributed by atoms with Gasteiger partial charge < -0.3 is 5.11 Å². The molecule has 4 aromatic carbocycles. The summed E-state index contributed by atoms with van der Waals surface area (Å²) in [6, 6.07) is 23.3. The molecule has 154 valence electrons. The summed E-state index contributed by atoms with van der Waals surface area (Å²) in [4.78, 5) is 0. The summed E-state index contributed by atoms with van der Waals surface area (Å²) < 4.78 is 0. The smallest absolute Gasteiger partial charge is 0.131 e. The molecule has 4 aromatic rings. The minimum atomic E-state index is 0.250. The molecule has 1 aliphatic carbocycles. The third-order valence-corrected chi connectivity index (χ3v) is 7.30. The zero-order chi connectivity index (χ0) is 21.9. The van der Waals surface area contributed by atoms with E-state index in [-0.39, 0.29) is 5.92 Å². The lowest BCUT2D eigenvalue weighted by Gasteiger charge is -2.23. The Balaban J connectivity index is 1.91. The van der Waals surface area contributed by atoms with Gasteiger partial charge in [0.2, 0.25) is 0 Å². The van der Waals surface area contributed by atoms with Gasteiger partial charge in [0.15, 0.2) is 0 Å². The minimum absolute atomic E-state index is 0.250. The van der Waals surface area contributed by atoms with E-state index in [4.69, 9.17) is 0 Å². The highest BCUT2D eigenvalue weighted by molar-refractivity contribution is 6.17. The Morgan fingerprint density at radius 2 is 1.13 bits per heavy atom. The van der Waals surface area contributed by atoms with Gasteiger partial charge in [-0.2, -0.15) is 0 Å². The summed E-state index contributed by atoms with van der Waals surface area (Å²) in [6.45, 7) is 11.1. The number of hydrogen-bond acceptors (Lipinski definition) is 1. The molecule has 0 saturated carbocycles. The van der Waals surface area contributed by atoms with Crippen LogP contribution in [0.15, 0.2) is 89.0 Å². The number of benzene rings is 4. The summed E-state index contributed by atoms with van der Waals surface area (Å²) >= 11 is 0. The van der Waals surface area contributed by atoms with Gasteiger partial charge in [0.05, 0.1) is 0 Å². The van der Waals surface area contributed by atoms with Crippen molar-refractivity contribution < 1.29 is 5.11 Å². The first-order chi connectivity index (χ1) is 14.9. The Bertz CT molecular complexity index is 1410. The molecule has 1 aliphatic rings. The quantitative estimate of drug-likeness (QED) is 0.332. The maximum Gasteiger partial charge on any atom is 0.131 e. The van der Waals surface area contributed by atoms with E-state index in [0.29, 0.717) is 5.75 Å². The average molecular weight is 405 g/mol. The minimum Gasteiger partial charge on any atom is -0.507 e. The average Bonchev–Trinajstić information content (AvgIpc) is 2.97. The number of rotatable bonds is 2. The van der Waals surface area contributed by atoms with Crippen LogP contribution >= 0.6 is 0 Å². The second kappa shape index (κ2) is 7.13. The molecule has 1 heteroatoms. The van der Waals surface area contributed by atoms with Gasteiger partial charge in [0.25, 0.3) is 0 Å². The molecule has 0 heterocycles. The summed E-state index contributed by atoms with van der Waals surface area (Å²) in [7, 11) is 0. The van der Waals surface area contributed by atoms with Gasteiger partial charge in [-0.05, 0) is 73.1 Å². The van der Waals surface area contributed by atoms with Gasteiger partial charge in [0, 0.05) is 16.9 Å². The fourth-order valence-corrected chi connectivity index (χ4v) is 5.36. The highest BCUT2D eigenvalue weighted by Crippen LogP contribution is 2.50. The van der Waals surface area contributed by atoms with E-state index >= 15 is 0 Å². The summed E-state index contributed by atoms with van der Waals surface area (Å²) in [5, 5.41) is 15.8. The van der Waals surface area contributed by atoms with Crippen LogP contribution < -0.4 is 0 Å². The van der Waals surface area contributed by atoms with Crippen molar-refractivity contribution in [1.82, 2.24) is 0 Å². The van der Waals surface area contributed by atoms with Crippen LogP contribution in [0.4, 0.5) is 0 Å². The molecule has 0 saturated heterocycles. The molecule has 0 spiro atoms. The third kappa shape index (κ3) is 2.84. The highest BCUT2D eigenvalue weighted by Gasteiger charge is 2.29. The van der Waals surface area contributed by atoms with Crippen molar-refractivity contribution in [2.24, 2.45) is 0 Å². The van der Waals surface area contributed by atoms with Crippen LogP contribution in [0.5, 0.6) is 5.75 Å². The molecular weight excluding hydrogens is 376 g/mol. The maximum atomic E-state index is 11.5. The van der Waals surface area contributed by atoms with Crippen LogP contribution in [-0.2, 0) is 0 Å². The van der Waals surface area contributed by atoms with Gasteiger partial charge in [-0.15, -0.1) is 0 Å². The Labute approximate surface area is 184 Å². The molecule has 0 aliphatic heterocycles. The van der Waals surface area contributed by atoms with Crippen molar-refractivity contribution >= 4 is 21.5 Å². The third-order valence-electron chi connectivity index (χ3n) is 7.30. The van der Waals surface area contributed by atoms with Gasteiger partial charge >= 0.3 is 0 Å². The lowest BCUT2D eigenvalue weighted by molar-refractivity contribution is 0.484. The van der Waals surface area contributed by atoms with Crippen molar-refractivity contribution in [3.63, 3.8) is 0 Å². The molecule has 0 unspecified atom stereocenters. The fourth-order valence-electron chi connectivity index (χ4n) is 5.36. The zero-order valence-electron chi connectivity index (χ0n) is 18.9. The predicted molar refractivity (Wildman–Crippen MR) is 133 cm³/mol. The molecule has 5 rings (SSSR count). The molecule has 0 amide bonds. The second-order valence-electron chi connectivity index (χ2n) is 8.95. The maximum absolute atomic E-state index is 11.5.